The first kappa shape index (κ1) is 14.7. The standard InChI is InChI=1S/C13H20N2O2S2/c1-3-11(9-18-2)15-19(16,17)12-5-4-10-6-7-14-13(10)8-12/h4-5,8,11,14-15H,3,6-7,9H2,1-2H3. The summed E-state index contributed by atoms with van der Waals surface area (Å²) >= 11 is 1.65. The lowest BCUT2D eigenvalue weighted by Crippen LogP contribution is -2.36. The van der Waals surface area contributed by atoms with Crippen molar-refractivity contribution < 1.29 is 8.42 Å². The van der Waals surface area contributed by atoms with Gasteiger partial charge in [0.25, 0.3) is 0 Å². The van der Waals surface area contributed by atoms with Crippen LogP contribution in [0.2, 0.25) is 0 Å². The molecule has 0 saturated carbocycles. The second kappa shape index (κ2) is 6.15. The highest BCUT2D eigenvalue weighted by atomic mass is 32.2. The van der Waals surface area contributed by atoms with Crippen molar-refractivity contribution in [2.75, 3.05) is 23.9 Å². The Kier molecular flexibility index (Phi) is 4.76. The van der Waals surface area contributed by atoms with Crippen molar-refractivity contribution in [1.82, 2.24) is 4.72 Å². The smallest absolute Gasteiger partial charge is 0.240 e. The second-order valence-electron chi connectivity index (χ2n) is 4.68. The third-order valence-corrected chi connectivity index (χ3v) is 5.54. The van der Waals surface area contributed by atoms with E-state index in [9.17, 15) is 8.42 Å². The fourth-order valence-electron chi connectivity index (χ4n) is 2.16. The molecule has 1 aromatic carbocycles. The van der Waals surface area contributed by atoms with Gasteiger partial charge in [-0.15, -0.1) is 0 Å². The van der Waals surface area contributed by atoms with Crippen LogP contribution in [0.4, 0.5) is 5.69 Å². The summed E-state index contributed by atoms with van der Waals surface area (Å²) < 4.78 is 27.4. The maximum absolute atomic E-state index is 12.3. The predicted molar refractivity (Wildman–Crippen MR) is 81.4 cm³/mol. The van der Waals surface area contributed by atoms with E-state index in [4.69, 9.17) is 0 Å². The van der Waals surface area contributed by atoms with Gasteiger partial charge in [-0.2, -0.15) is 11.8 Å². The monoisotopic (exact) mass is 300 g/mol. The van der Waals surface area contributed by atoms with Crippen LogP contribution in [0.1, 0.15) is 18.9 Å². The first-order valence-corrected chi connectivity index (χ1v) is 9.32. The molecule has 0 amide bonds. The molecular formula is C13H20N2O2S2. The average Bonchev–Trinajstić information content (AvgIpc) is 2.85. The summed E-state index contributed by atoms with van der Waals surface area (Å²) in [5.41, 5.74) is 2.14. The largest absolute Gasteiger partial charge is 0.384 e. The molecule has 106 valence electrons. The average molecular weight is 300 g/mol. The Labute approximate surface area is 119 Å². The molecule has 4 nitrogen and oxygen atoms in total. The Morgan fingerprint density at radius 2 is 2.26 bits per heavy atom. The van der Waals surface area contributed by atoms with Crippen LogP contribution in [-0.2, 0) is 16.4 Å². The summed E-state index contributed by atoms with van der Waals surface area (Å²) in [7, 11) is -3.42. The zero-order valence-electron chi connectivity index (χ0n) is 11.3. The van der Waals surface area contributed by atoms with E-state index >= 15 is 0 Å². The number of rotatable bonds is 6. The summed E-state index contributed by atoms with van der Waals surface area (Å²) in [5, 5.41) is 3.21. The topological polar surface area (TPSA) is 58.2 Å². The molecule has 19 heavy (non-hydrogen) atoms. The van der Waals surface area contributed by atoms with Crippen LogP contribution in [0.25, 0.3) is 0 Å². The fourth-order valence-corrected chi connectivity index (χ4v) is 4.33. The maximum atomic E-state index is 12.3. The van der Waals surface area contributed by atoms with E-state index in [1.807, 2.05) is 19.2 Å². The van der Waals surface area contributed by atoms with Gasteiger partial charge in [-0.3, -0.25) is 0 Å². The number of fused-ring (bicyclic) bond motifs is 1. The van der Waals surface area contributed by atoms with Crippen molar-refractivity contribution in [2.45, 2.75) is 30.7 Å². The van der Waals surface area contributed by atoms with E-state index in [1.165, 1.54) is 5.56 Å². The SMILES string of the molecule is CCC(CSC)NS(=O)(=O)c1ccc2c(c1)NCC2. The van der Waals surface area contributed by atoms with Gasteiger partial charge in [-0.05, 0) is 36.8 Å². The lowest BCUT2D eigenvalue weighted by atomic mass is 10.2. The molecule has 0 radical (unpaired) electrons. The van der Waals surface area contributed by atoms with Crippen LogP contribution >= 0.6 is 11.8 Å². The minimum absolute atomic E-state index is 0.0128. The Bertz CT molecular complexity index is 544. The fraction of sp³-hybridized carbons (Fsp3) is 0.538. The minimum atomic E-state index is -3.42. The normalized spacial score (nSPS) is 15.9. The van der Waals surface area contributed by atoms with Gasteiger partial charge in [0.05, 0.1) is 4.90 Å². The molecule has 0 spiro atoms. The zero-order valence-corrected chi connectivity index (χ0v) is 12.9. The van der Waals surface area contributed by atoms with E-state index in [-0.39, 0.29) is 6.04 Å². The number of anilines is 1. The Balaban J connectivity index is 2.19. The van der Waals surface area contributed by atoms with Crippen molar-refractivity contribution in [1.29, 1.82) is 0 Å². The first-order chi connectivity index (χ1) is 9.06. The molecule has 0 aromatic heterocycles. The summed E-state index contributed by atoms with van der Waals surface area (Å²) in [5.74, 6) is 0.791. The summed E-state index contributed by atoms with van der Waals surface area (Å²) in [6.07, 6.45) is 3.74. The van der Waals surface area contributed by atoms with Crippen LogP contribution in [0.3, 0.4) is 0 Å². The summed E-state index contributed by atoms with van der Waals surface area (Å²) in [6.45, 7) is 2.88. The molecule has 1 atom stereocenters. The Hall–Kier alpha value is -0.720. The number of nitrogens with one attached hydrogen (secondary N) is 2. The predicted octanol–water partition coefficient (Wildman–Crippen LogP) is 2.07. The van der Waals surface area contributed by atoms with E-state index in [0.717, 1.165) is 30.8 Å². The van der Waals surface area contributed by atoms with Crippen molar-refractivity contribution in [3.8, 4) is 0 Å². The zero-order chi connectivity index (χ0) is 13.9. The van der Waals surface area contributed by atoms with E-state index in [2.05, 4.69) is 10.0 Å². The number of thioether (sulfide) groups is 1. The molecule has 1 unspecified atom stereocenters. The number of hydrogen-bond acceptors (Lipinski definition) is 4. The summed E-state index contributed by atoms with van der Waals surface area (Å²) in [6, 6.07) is 5.32. The molecule has 1 heterocycles. The lowest BCUT2D eigenvalue weighted by Gasteiger charge is -2.16. The summed E-state index contributed by atoms with van der Waals surface area (Å²) in [4.78, 5) is 0.347. The van der Waals surface area contributed by atoms with Crippen LogP contribution < -0.4 is 10.0 Å². The van der Waals surface area contributed by atoms with Crippen molar-refractivity contribution in [3.63, 3.8) is 0 Å². The number of benzene rings is 1. The maximum Gasteiger partial charge on any atom is 0.240 e. The molecule has 1 aliphatic rings. The lowest BCUT2D eigenvalue weighted by molar-refractivity contribution is 0.558. The van der Waals surface area contributed by atoms with Gasteiger partial charge < -0.3 is 5.32 Å². The first-order valence-electron chi connectivity index (χ1n) is 6.45. The molecule has 2 N–H and O–H groups in total. The third-order valence-electron chi connectivity index (χ3n) is 3.28. The van der Waals surface area contributed by atoms with Crippen molar-refractivity contribution in [3.05, 3.63) is 23.8 Å². The van der Waals surface area contributed by atoms with Gasteiger partial charge in [-0.1, -0.05) is 13.0 Å². The number of sulfonamides is 1. The van der Waals surface area contributed by atoms with Crippen molar-refractivity contribution >= 4 is 27.5 Å². The van der Waals surface area contributed by atoms with Crippen LogP contribution in [-0.4, -0.2) is 33.0 Å². The minimum Gasteiger partial charge on any atom is -0.384 e. The highest BCUT2D eigenvalue weighted by Crippen LogP contribution is 2.25. The van der Waals surface area contributed by atoms with E-state index in [1.54, 1.807) is 23.9 Å². The Morgan fingerprint density at radius 3 is 2.95 bits per heavy atom. The third kappa shape index (κ3) is 3.43. The molecule has 6 heteroatoms. The van der Waals surface area contributed by atoms with Crippen LogP contribution in [0.5, 0.6) is 0 Å². The second-order valence-corrected chi connectivity index (χ2v) is 7.30. The van der Waals surface area contributed by atoms with Gasteiger partial charge in [-0.25, -0.2) is 13.1 Å². The molecule has 0 bridgehead atoms. The van der Waals surface area contributed by atoms with Gasteiger partial charge in [0, 0.05) is 24.0 Å². The number of hydrogen-bond donors (Lipinski definition) is 2. The molecule has 2 rings (SSSR count). The molecule has 1 aliphatic heterocycles. The molecular weight excluding hydrogens is 280 g/mol. The van der Waals surface area contributed by atoms with Gasteiger partial charge in [0.1, 0.15) is 0 Å². The Morgan fingerprint density at radius 1 is 1.47 bits per heavy atom. The highest BCUT2D eigenvalue weighted by molar-refractivity contribution is 7.98. The van der Waals surface area contributed by atoms with Gasteiger partial charge >= 0.3 is 0 Å². The van der Waals surface area contributed by atoms with Crippen LogP contribution in [0, 0.1) is 0 Å². The van der Waals surface area contributed by atoms with Gasteiger partial charge in [0.15, 0.2) is 0 Å². The van der Waals surface area contributed by atoms with Gasteiger partial charge in [0.2, 0.25) is 10.0 Å². The quantitative estimate of drug-likeness (QED) is 0.844. The molecule has 1 aromatic rings. The highest BCUT2D eigenvalue weighted by Gasteiger charge is 2.21. The molecule has 0 saturated heterocycles. The van der Waals surface area contributed by atoms with Crippen molar-refractivity contribution in [2.24, 2.45) is 0 Å². The molecule has 0 fully saturated rings. The molecule has 0 aliphatic carbocycles. The van der Waals surface area contributed by atoms with Crippen LogP contribution in [0.15, 0.2) is 23.1 Å². The van der Waals surface area contributed by atoms with E-state index in [0.29, 0.717) is 4.90 Å². The van der Waals surface area contributed by atoms with E-state index < -0.39 is 10.0 Å².